The number of aromatic nitrogens is 2. The summed E-state index contributed by atoms with van der Waals surface area (Å²) in [6, 6.07) is 0.00579. The second-order valence-corrected chi connectivity index (χ2v) is 3.30. The Hall–Kier alpha value is -0.480. The van der Waals surface area contributed by atoms with Gasteiger partial charge in [0, 0.05) is 0 Å². The van der Waals surface area contributed by atoms with E-state index in [0.717, 1.165) is 12.2 Å². The lowest BCUT2D eigenvalue weighted by Crippen LogP contribution is -2.19. The minimum absolute atomic E-state index is 0.00579. The first kappa shape index (κ1) is 8.62. The molecular weight excluding hydrogens is 158 g/mol. The maximum absolute atomic E-state index is 5.88. The molecule has 0 unspecified atom stereocenters. The summed E-state index contributed by atoms with van der Waals surface area (Å²) in [5, 5.41) is 0. The van der Waals surface area contributed by atoms with Crippen molar-refractivity contribution in [1.29, 1.82) is 0 Å². The van der Waals surface area contributed by atoms with Crippen LogP contribution in [0, 0.1) is 5.92 Å². The summed E-state index contributed by atoms with van der Waals surface area (Å²) in [7, 11) is 0. The fraction of sp³-hybridized carbons (Fsp3) is 0.714. The van der Waals surface area contributed by atoms with Crippen LogP contribution >= 0.6 is 11.5 Å². The van der Waals surface area contributed by atoms with Gasteiger partial charge >= 0.3 is 0 Å². The third-order valence-corrected chi connectivity index (χ3v) is 2.43. The van der Waals surface area contributed by atoms with E-state index < -0.39 is 0 Å². The molecule has 0 saturated carbocycles. The molecule has 11 heavy (non-hydrogen) atoms. The molecule has 0 aliphatic rings. The maximum Gasteiger partial charge on any atom is 0.159 e. The molecule has 0 amide bonds. The topological polar surface area (TPSA) is 51.8 Å². The van der Waals surface area contributed by atoms with Crippen LogP contribution in [0.2, 0.25) is 0 Å². The first-order chi connectivity index (χ1) is 5.25. The van der Waals surface area contributed by atoms with Gasteiger partial charge in [0.05, 0.1) is 6.04 Å². The van der Waals surface area contributed by atoms with Gasteiger partial charge in [0.2, 0.25) is 0 Å². The number of nitrogens with two attached hydrogens (primary N) is 1. The lowest BCUT2D eigenvalue weighted by Gasteiger charge is -2.13. The van der Waals surface area contributed by atoms with Crippen molar-refractivity contribution in [2.75, 3.05) is 0 Å². The van der Waals surface area contributed by atoms with Gasteiger partial charge < -0.3 is 5.73 Å². The molecule has 1 heterocycles. The standard InChI is InChI=1S/C7H13N3S/c1-3-5(2)6(8)7-9-4-11-10-7/h4-6H,3,8H2,1-2H3/t5-,6-/m0/s1. The molecule has 0 aliphatic heterocycles. The van der Waals surface area contributed by atoms with Crippen molar-refractivity contribution in [3.63, 3.8) is 0 Å². The number of hydrogen-bond donors (Lipinski definition) is 1. The van der Waals surface area contributed by atoms with Crippen LogP contribution in [0.3, 0.4) is 0 Å². The fourth-order valence-corrected chi connectivity index (χ4v) is 1.31. The summed E-state index contributed by atoms with van der Waals surface area (Å²) >= 11 is 1.35. The monoisotopic (exact) mass is 171 g/mol. The van der Waals surface area contributed by atoms with Crippen molar-refractivity contribution in [2.24, 2.45) is 11.7 Å². The predicted molar refractivity (Wildman–Crippen MR) is 46.3 cm³/mol. The summed E-state index contributed by atoms with van der Waals surface area (Å²) in [6.45, 7) is 4.24. The Morgan fingerprint density at radius 3 is 2.91 bits per heavy atom. The molecule has 2 atom stereocenters. The van der Waals surface area contributed by atoms with E-state index in [0.29, 0.717) is 5.92 Å². The van der Waals surface area contributed by atoms with Crippen LogP contribution in [0.25, 0.3) is 0 Å². The van der Waals surface area contributed by atoms with Crippen LogP contribution in [0.15, 0.2) is 5.51 Å². The normalized spacial score (nSPS) is 16.3. The summed E-state index contributed by atoms with van der Waals surface area (Å²) in [5.74, 6) is 1.24. The summed E-state index contributed by atoms with van der Waals surface area (Å²) in [6.07, 6.45) is 1.07. The molecule has 0 saturated heterocycles. The zero-order valence-corrected chi connectivity index (χ0v) is 7.64. The van der Waals surface area contributed by atoms with E-state index in [1.54, 1.807) is 5.51 Å². The Morgan fingerprint density at radius 1 is 1.73 bits per heavy atom. The molecule has 62 valence electrons. The SMILES string of the molecule is CC[C@H](C)[C@H](N)c1ncsn1. The number of rotatable bonds is 3. The van der Waals surface area contributed by atoms with Gasteiger partial charge in [-0.1, -0.05) is 20.3 Å². The molecule has 3 nitrogen and oxygen atoms in total. The number of nitrogens with zero attached hydrogens (tertiary/aromatic N) is 2. The van der Waals surface area contributed by atoms with Gasteiger partial charge in [-0.3, -0.25) is 0 Å². The molecule has 4 heteroatoms. The molecule has 1 aromatic heterocycles. The second kappa shape index (κ2) is 3.78. The van der Waals surface area contributed by atoms with E-state index >= 15 is 0 Å². The van der Waals surface area contributed by atoms with Crippen molar-refractivity contribution >= 4 is 11.5 Å². The molecule has 0 aliphatic carbocycles. The van der Waals surface area contributed by atoms with Gasteiger partial charge in [0.1, 0.15) is 5.51 Å². The first-order valence-corrected chi connectivity index (χ1v) is 4.61. The highest BCUT2D eigenvalue weighted by Crippen LogP contribution is 2.18. The maximum atomic E-state index is 5.88. The lowest BCUT2D eigenvalue weighted by molar-refractivity contribution is 0.442. The Labute approximate surface area is 70.8 Å². The van der Waals surface area contributed by atoms with E-state index in [1.807, 2.05) is 0 Å². The van der Waals surface area contributed by atoms with Crippen LogP contribution < -0.4 is 5.73 Å². The van der Waals surface area contributed by atoms with E-state index in [2.05, 4.69) is 23.2 Å². The fourth-order valence-electron chi connectivity index (χ4n) is 0.834. The third kappa shape index (κ3) is 1.97. The van der Waals surface area contributed by atoms with Crippen LogP contribution in [-0.4, -0.2) is 9.36 Å². The minimum Gasteiger partial charge on any atom is -0.321 e. The molecule has 0 fully saturated rings. The van der Waals surface area contributed by atoms with Gasteiger partial charge in [-0.25, -0.2) is 4.98 Å². The highest BCUT2D eigenvalue weighted by Gasteiger charge is 2.15. The quantitative estimate of drug-likeness (QED) is 0.751. The molecule has 0 radical (unpaired) electrons. The molecular formula is C7H13N3S. The van der Waals surface area contributed by atoms with Gasteiger partial charge in [-0.05, 0) is 17.5 Å². The lowest BCUT2D eigenvalue weighted by atomic mass is 10.00. The van der Waals surface area contributed by atoms with Crippen LogP contribution in [0.4, 0.5) is 0 Å². The smallest absolute Gasteiger partial charge is 0.159 e. The highest BCUT2D eigenvalue weighted by molar-refractivity contribution is 7.03. The highest BCUT2D eigenvalue weighted by atomic mass is 32.1. The second-order valence-electron chi connectivity index (χ2n) is 2.70. The van der Waals surface area contributed by atoms with Gasteiger partial charge in [0.25, 0.3) is 0 Å². The summed E-state index contributed by atoms with van der Waals surface area (Å²) < 4.78 is 4.09. The average molecular weight is 171 g/mol. The van der Waals surface area contributed by atoms with E-state index in [4.69, 9.17) is 5.73 Å². The Bertz CT molecular complexity index is 197. The summed E-state index contributed by atoms with van der Waals surface area (Å²) in [4.78, 5) is 4.07. The molecule has 1 aromatic rings. The third-order valence-electron chi connectivity index (χ3n) is 1.93. The minimum atomic E-state index is 0.00579. The van der Waals surface area contributed by atoms with Crippen molar-refractivity contribution in [1.82, 2.24) is 9.36 Å². The Morgan fingerprint density at radius 2 is 2.45 bits per heavy atom. The molecule has 1 rings (SSSR count). The van der Waals surface area contributed by atoms with Crippen LogP contribution in [0.5, 0.6) is 0 Å². The van der Waals surface area contributed by atoms with E-state index in [9.17, 15) is 0 Å². The van der Waals surface area contributed by atoms with Crippen molar-refractivity contribution in [2.45, 2.75) is 26.3 Å². The van der Waals surface area contributed by atoms with Crippen molar-refractivity contribution in [3.05, 3.63) is 11.3 Å². The first-order valence-electron chi connectivity index (χ1n) is 3.77. The van der Waals surface area contributed by atoms with Crippen LogP contribution in [-0.2, 0) is 0 Å². The molecule has 0 bridgehead atoms. The molecule has 0 spiro atoms. The molecule has 0 aromatic carbocycles. The molecule has 2 N–H and O–H groups in total. The van der Waals surface area contributed by atoms with Crippen molar-refractivity contribution < 1.29 is 0 Å². The van der Waals surface area contributed by atoms with Crippen molar-refractivity contribution in [3.8, 4) is 0 Å². The van der Waals surface area contributed by atoms with Crippen LogP contribution in [0.1, 0.15) is 32.1 Å². The van der Waals surface area contributed by atoms with E-state index in [1.165, 1.54) is 11.5 Å². The predicted octanol–water partition coefficient (Wildman–Crippen LogP) is 1.58. The Balaban J connectivity index is 2.62. The zero-order valence-electron chi connectivity index (χ0n) is 6.82. The average Bonchev–Trinajstić information content (AvgIpc) is 2.53. The summed E-state index contributed by atoms with van der Waals surface area (Å²) in [5.41, 5.74) is 7.59. The Kier molecular flexibility index (Phi) is 2.96. The largest absolute Gasteiger partial charge is 0.321 e. The number of hydrogen-bond acceptors (Lipinski definition) is 4. The van der Waals surface area contributed by atoms with E-state index in [-0.39, 0.29) is 6.04 Å². The van der Waals surface area contributed by atoms with Gasteiger partial charge in [-0.15, -0.1) is 0 Å². The zero-order chi connectivity index (χ0) is 8.27. The van der Waals surface area contributed by atoms with Gasteiger partial charge in [0.15, 0.2) is 5.82 Å². The van der Waals surface area contributed by atoms with Gasteiger partial charge in [-0.2, -0.15) is 4.37 Å².